The average Bonchev–Trinajstić information content (AvgIpc) is 2.14. The predicted octanol–water partition coefficient (Wildman–Crippen LogP) is 2.55. The SMILES string of the molecule is OCc1ncc(OC(F)(F)F)c(C(F)F)c1F. The predicted molar refractivity (Wildman–Crippen MR) is 41.8 cm³/mol. The maximum absolute atomic E-state index is 13.2. The van der Waals surface area contributed by atoms with Gasteiger partial charge in [-0.15, -0.1) is 13.2 Å². The van der Waals surface area contributed by atoms with Crippen molar-refractivity contribution < 1.29 is 36.2 Å². The van der Waals surface area contributed by atoms with Gasteiger partial charge >= 0.3 is 6.36 Å². The molecule has 0 aliphatic rings. The molecule has 0 spiro atoms. The van der Waals surface area contributed by atoms with Crippen LogP contribution in [0.2, 0.25) is 0 Å². The van der Waals surface area contributed by atoms with Crippen LogP contribution in [0.4, 0.5) is 26.3 Å². The van der Waals surface area contributed by atoms with E-state index in [0.29, 0.717) is 0 Å². The van der Waals surface area contributed by atoms with Crippen LogP contribution in [-0.2, 0) is 6.61 Å². The molecule has 0 aliphatic heterocycles. The fraction of sp³-hybridized carbons (Fsp3) is 0.375. The highest BCUT2D eigenvalue weighted by Gasteiger charge is 2.35. The number of hydrogen-bond acceptors (Lipinski definition) is 3. The van der Waals surface area contributed by atoms with Gasteiger partial charge in [0, 0.05) is 0 Å². The molecule has 0 saturated heterocycles. The molecule has 1 rings (SSSR count). The van der Waals surface area contributed by atoms with Gasteiger partial charge in [-0.25, -0.2) is 13.2 Å². The van der Waals surface area contributed by atoms with Crippen LogP contribution in [0.15, 0.2) is 6.20 Å². The monoisotopic (exact) mass is 261 g/mol. The van der Waals surface area contributed by atoms with Crippen molar-refractivity contribution in [3.05, 3.63) is 23.3 Å². The van der Waals surface area contributed by atoms with Crippen LogP contribution in [0.5, 0.6) is 5.75 Å². The van der Waals surface area contributed by atoms with Crippen molar-refractivity contribution in [1.82, 2.24) is 4.98 Å². The third kappa shape index (κ3) is 3.22. The van der Waals surface area contributed by atoms with E-state index in [1.807, 2.05) is 0 Å². The van der Waals surface area contributed by atoms with Gasteiger partial charge in [-0.3, -0.25) is 4.98 Å². The lowest BCUT2D eigenvalue weighted by Gasteiger charge is -2.14. The van der Waals surface area contributed by atoms with Crippen LogP contribution in [0.3, 0.4) is 0 Å². The first kappa shape index (κ1) is 13.6. The van der Waals surface area contributed by atoms with Crippen LogP contribution in [0, 0.1) is 5.82 Å². The number of alkyl halides is 5. The Kier molecular flexibility index (Phi) is 3.81. The Hall–Kier alpha value is -1.51. The van der Waals surface area contributed by atoms with Gasteiger partial charge in [0.25, 0.3) is 6.43 Å². The second kappa shape index (κ2) is 4.78. The smallest absolute Gasteiger partial charge is 0.404 e. The molecule has 17 heavy (non-hydrogen) atoms. The van der Waals surface area contributed by atoms with Crippen LogP contribution >= 0.6 is 0 Å². The highest BCUT2D eigenvalue weighted by Crippen LogP contribution is 2.35. The van der Waals surface area contributed by atoms with Gasteiger partial charge in [0.05, 0.1) is 18.4 Å². The molecule has 1 aromatic heterocycles. The Morgan fingerprint density at radius 3 is 2.35 bits per heavy atom. The van der Waals surface area contributed by atoms with Crippen molar-refractivity contribution >= 4 is 0 Å². The van der Waals surface area contributed by atoms with Crippen molar-refractivity contribution in [2.75, 3.05) is 0 Å². The van der Waals surface area contributed by atoms with Gasteiger partial charge in [0.1, 0.15) is 5.69 Å². The lowest BCUT2D eigenvalue weighted by molar-refractivity contribution is -0.275. The van der Waals surface area contributed by atoms with Crippen LogP contribution in [-0.4, -0.2) is 16.5 Å². The van der Waals surface area contributed by atoms with Crippen LogP contribution < -0.4 is 4.74 Å². The molecule has 0 radical (unpaired) electrons. The number of pyridine rings is 1. The summed E-state index contributed by atoms with van der Waals surface area (Å²) in [4.78, 5) is 3.04. The molecule has 1 heterocycles. The topological polar surface area (TPSA) is 42.4 Å². The number of rotatable bonds is 3. The standard InChI is InChI=1S/C8H5F6NO2/c9-6-3(2-16)15-1-4(5(6)7(10)11)17-8(12,13)14/h1,7,16H,2H2. The average molecular weight is 261 g/mol. The van der Waals surface area contributed by atoms with Crippen molar-refractivity contribution in [3.8, 4) is 5.75 Å². The van der Waals surface area contributed by atoms with Gasteiger partial charge in [-0.05, 0) is 0 Å². The highest BCUT2D eigenvalue weighted by atomic mass is 19.4. The fourth-order valence-electron chi connectivity index (χ4n) is 1.05. The van der Waals surface area contributed by atoms with E-state index in [0.717, 1.165) is 0 Å². The van der Waals surface area contributed by atoms with Crippen LogP contribution in [0.25, 0.3) is 0 Å². The molecular weight excluding hydrogens is 256 g/mol. The molecule has 0 aromatic carbocycles. The Morgan fingerprint density at radius 2 is 1.94 bits per heavy atom. The molecule has 96 valence electrons. The molecule has 0 saturated carbocycles. The summed E-state index contributed by atoms with van der Waals surface area (Å²) in [6.07, 6.45) is -8.48. The number of ether oxygens (including phenoxy) is 1. The normalized spacial score (nSPS) is 12.0. The van der Waals surface area contributed by atoms with Gasteiger partial charge in [0.2, 0.25) is 0 Å². The first-order valence-electron chi connectivity index (χ1n) is 4.08. The maximum atomic E-state index is 13.2. The molecule has 0 atom stereocenters. The maximum Gasteiger partial charge on any atom is 0.573 e. The minimum Gasteiger partial charge on any atom is -0.404 e. The van der Waals surface area contributed by atoms with Gasteiger partial charge in [-0.1, -0.05) is 0 Å². The Bertz CT molecular complexity index is 406. The molecule has 1 N–H and O–H groups in total. The number of nitrogens with zero attached hydrogens (tertiary/aromatic N) is 1. The van der Waals surface area contributed by atoms with Crippen molar-refractivity contribution in [2.45, 2.75) is 19.4 Å². The zero-order valence-electron chi connectivity index (χ0n) is 7.93. The summed E-state index contributed by atoms with van der Waals surface area (Å²) in [5, 5.41) is 8.54. The second-order valence-corrected chi connectivity index (χ2v) is 2.80. The third-order valence-electron chi connectivity index (χ3n) is 1.69. The molecule has 9 heteroatoms. The van der Waals surface area contributed by atoms with E-state index in [1.54, 1.807) is 0 Å². The lowest BCUT2D eigenvalue weighted by Crippen LogP contribution is -2.19. The number of aromatic nitrogens is 1. The molecule has 0 bridgehead atoms. The van der Waals surface area contributed by atoms with Gasteiger partial charge in [0.15, 0.2) is 11.6 Å². The first-order valence-corrected chi connectivity index (χ1v) is 4.08. The van der Waals surface area contributed by atoms with Crippen molar-refractivity contribution in [2.24, 2.45) is 0 Å². The molecular formula is C8H5F6NO2. The number of halogens is 6. The molecule has 0 unspecified atom stereocenters. The minimum absolute atomic E-state index is 0.281. The second-order valence-electron chi connectivity index (χ2n) is 2.80. The summed E-state index contributed by atoms with van der Waals surface area (Å²) < 4.78 is 76.7. The number of aliphatic hydroxyl groups excluding tert-OH is 1. The molecule has 1 aromatic rings. The zero-order valence-corrected chi connectivity index (χ0v) is 7.93. The number of hydrogen-bond donors (Lipinski definition) is 1. The van der Waals surface area contributed by atoms with E-state index < -0.39 is 42.2 Å². The minimum atomic E-state index is -5.24. The third-order valence-corrected chi connectivity index (χ3v) is 1.69. The summed E-state index contributed by atoms with van der Waals surface area (Å²) in [6, 6.07) is 0. The van der Waals surface area contributed by atoms with Crippen molar-refractivity contribution in [3.63, 3.8) is 0 Å². The molecule has 0 aliphatic carbocycles. The molecule has 0 fully saturated rings. The summed E-state index contributed by atoms with van der Waals surface area (Å²) >= 11 is 0. The zero-order chi connectivity index (χ0) is 13.2. The van der Waals surface area contributed by atoms with E-state index >= 15 is 0 Å². The van der Waals surface area contributed by atoms with E-state index in [9.17, 15) is 26.3 Å². The van der Waals surface area contributed by atoms with E-state index in [2.05, 4.69) is 9.72 Å². The molecule has 0 amide bonds. The summed E-state index contributed by atoms with van der Waals surface area (Å²) in [5.74, 6) is -3.15. The largest absolute Gasteiger partial charge is 0.573 e. The Balaban J connectivity index is 3.27. The Morgan fingerprint density at radius 1 is 1.35 bits per heavy atom. The fourth-order valence-corrected chi connectivity index (χ4v) is 1.05. The first-order chi connectivity index (χ1) is 7.76. The lowest BCUT2D eigenvalue weighted by atomic mass is 10.2. The number of aliphatic hydroxyl groups is 1. The Labute approximate surface area is 90.6 Å². The molecule has 3 nitrogen and oxygen atoms in total. The summed E-state index contributed by atoms with van der Waals surface area (Å²) in [6.45, 7) is -1.02. The van der Waals surface area contributed by atoms with Crippen LogP contribution in [0.1, 0.15) is 17.7 Å². The van der Waals surface area contributed by atoms with Gasteiger partial charge < -0.3 is 9.84 Å². The summed E-state index contributed by atoms with van der Waals surface area (Å²) in [7, 11) is 0. The quantitative estimate of drug-likeness (QED) is 0.850. The highest BCUT2D eigenvalue weighted by molar-refractivity contribution is 5.35. The van der Waals surface area contributed by atoms with Gasteiger partial charge in [-0.2, -0.15) is 0 Å². The van der Waals surface area contributed by atoms with E-state index in [1.165, 1.54) is 0 Å². The summed E-state index contributed by atoms with van der Waals surface area (Å²) in [5.41, 5.74) is -2.36. The van der Waals surface area contributed by atoms with Crippen molar-refractivity contribution in [1.29, 1.82) is 0 Å². The van der Waals surface area contributed by atoms with E-state index in [4.69, 9.17) is 5.11 Å². The van der Waals surface area contributed by atoms with E-state index in [-0.39, 0.29) is 6.20 Å².